The maximum atomic E-state index is 12.2. The van der Waals surface area contributed by atoms with Crippen molar-refractivity contribution in [2.75, 3.05) is 52.7 Å². The number of rotatable bonds is 9. The number of nitrogens with zero attached hydrogens (tertiary/aromatic N) is 4. The predicted molar refractivity (Wildman–Crippen MR) is 110 cm³/mol. The molecule has 1 aliphatic carbocycles. The van der Waals surface area contributed by atoms with Crippen molar-refractivity contribution in [3.63, 3.8) is 0 Å². The highest BCUT2D eigenvalue weighted by Crippen LogP contribution is 2.27. The molecule has 1 aromatic rings. The summed E-state index contributed by atoms with van der Waals surface area (Å²) in [4.78, 5) is 9.02. The highest BCUT2D eigenvalue weighted by Gasteiger charge is 2.23. The summed E-state index contributed by atoms with van der Waals surface area (Å²) in [6.07, 6.45) is 10.3. The van der Waals surface area contributed by atoms with Gasteiger partial charge in [0.25, 0.3) is 0 Å². The Balaban J connectivity index is 1.59. The number of imidazole rings is 1. The molecule has 1 aliphatic heterocycles. The molecule has 7 nitrogen and oxygen atoms in total. The van der Waals surface area contributed by atoms with Crippen molar-refractivity contribution in [3.05, 3.63) is 11.9 Å². The largest absolute Gasteiger partial charge is 0.379 e. The predicted octanol–water partition coefficient (Wildman–Crippen LogP) is 2.02. The first-order chi connectivity index (χ1) is 13.4. The van der Waals surface area contributed by atoms with Crippen LogP contribution in [0.1, 0.15) is 44.2 Å². The van der Waals surface area contributed by atoms with Gasteiger partial charge in [0, 0.05) is 32.4 Å². The fourth-order valence-electron chi connectivity index (χ4n) is 4.38. The quantitative estimate of drug-likeness (QED) is 0.618. The molecule has 2 fully saturated rings. The Kier molecular flexibility index (Phi) is 7.91. The molecule has 160 valence electrons. The van der Waals surface area contributed by atoms with E-state index in [0.29, 0.717) is 5.92 Å². The van der Waals surface area contributed by atoms with Crippen LogP contribution >= 0.6 is 0 Å². The molecule has 2 heterocycles. The maximum Gasteiger partial charge on any atom is 0.227 e. The number of morpholine rings is 1. The Morgan fingerprint density at radius 2 is 1.93 bits per heavy atom. The fourth-order valence-corrected chi connectivity index (χ4v) is 5.22. The molecule has 0 bridgehead atoms. The number of aromatic nitrogens is 2. The van der Waals surface area contributed by atoms with Crippen LogP contribution in [-0.2, 0) is 27.7 Å². The topological polar surface area (TPSA) is 67.7 Å². The van der Waals surface area contributed by atoms with Gasteiger partial charge in [0.1, 0.15) is 0 Å². The van der Waals surface area contributed by atoms with Crippen LogP contribution in [0.2, 0.25) is 0 Å². The van der Waals surface area contributed by atoms with E-state index in [4.69, 9.17) is 4.74 Å². The van der Waals surface area contributed by atoms with Gasteiger partial charge in [0.05, 0.1) is 25.1 Å². The lowest BCUT2D eigenvalue weighted by atomic mass is 9.89. The number of sulfone groups is 1. The number of ether oxygens (including phenoxy) is 1. The van der Waals surface area contributed by atoms with E-state index in [2.05, 4.69) is 21.8 Å². The van der Waals surface area contributed by atoms with Crippen molar-refractivity contribution in [2.45, 2.75) is 56.8 Å². The molecule has 0 aromatic carbocycles. The fraction of sp³-hybridized carbons (Fsp3) is 0.850. The number of hydrogen-bond donors (Lipinski definition) is 0. The lowest BCUT2D eigenvalue weighted by molar-refractivity contribution is 0.0363. The third-order valence-corrected chi connectivity index (χ3v) is 6.94. The van der Waals surface area contributed by atoms with Crippen LogP contribution in [-0.4, -0.2) is 80.5 Å². The molecule has 3 rings (SSSR count). The van der Waals surface area contributed by atoms with Crippen LogP contribution in [0.15, 0.2) is 11.4 Å². The van der Waals surface area contributed by atoms with Crippen molar-refractivity contribution in [1.29, 1.82) is 0 Å². The monoisotopic (exact) mass is 412 g/mol. The van der Waals surface area contributed by atoms with Gasteiger partial charge in [-0.1, -0.05) is 19.3 Å². The van der Waals surface area contributed by atoms with Gasteiger partial charge in [0.2, 0.25) is 15.0 Å². The van der Waals surface area contributed by atoms with Gasteiger partial charge in [0.15, 0.2) is 0 Å². The van der Waals surface area contributed by atoms with E-state index in [1.54, 1.807) is 6.20 Å². The molecule has 8 heteroatoms. The van der Waals surface area contributed by atoms with Crippen LogP contribution in [0.25, 0.3) is 0 Å². The second kappa shape index (κ2) is 10.2. The van der Waals surface area contributed by atoms with E-state index in [-0.39, 0.29) is 5.16 Å². The number of hydrogen-bond acceptors (Lipinski definition) is 6. The van der Waals surface area contributed by atoms with E-state index in [0.717, 1.165) is 64.6 Å². The maximum absolute atomic E-state index is 12.2. The highest BCUT2D eigenvalue weighted by molar-refractivity contribution is 7.90. The average molecular weight is 413 g/mol. The summed E-state index contributed by atoms with van der Waals surface area (Å²) < 4.78 is 31.8. The van der Waals surface area contributed by atoms with Crippen LogP contribution in [0, 0.1) is 5.92 Å². The van der Waals surface area contributed by atoms with E-state index in [1.807, 2.05) is 4.57 Å². The first-order valence-electron chi connectivity index (χ1n) is 10.7. The molecule has 28 heavy (non-hydrogen) atoms. The van der Waals surface area contributed by atoms with Crippen LogP contribution < -0.4 is 0 Å². The average Bonchev–Trinajstić information content (AvgIpc) is 3.06. The van der Waals surface area contributed by atoms with Gasteiger partial charge in [-0.3, -0.25) is 4.90 Å². The van der Waals surface area contributed by atoms with E-state index in [1.165, 1.54) is 38.4 Å². The summed E-state index contributed by atoms with van der Waals surface area (Å²) in [5, 5.41) is 0.231. The first kappa shape index (κ1) is 21.7. The molecular formula is C20H36N4O3S. The summed E-state index contributed by atoms with van der Waals surface area (Å²) in [6.45, 7) is 7.31. The molecule has 1 saturated heterocycles. The van der Waals surface area contributed by atoms with Crippen molar-refractivity contribution in [1.82, 2.24) is 19.4 Å². The summed E-state index contributed by atoms with van der Waals surface area (Å²) in [5.41, 5.74) is 1.01. The third-order valence-electron chi connectivity index (χ3n) is 5.95. The summed E-state index contributed by atoms with van der Waals surface area (Å²) in [6, 6.07) is 0. The third kappa shape index (κ3) is 6.27. The van der Waals surface area contributed by atoms with E-state index < -0.39 is 9.84 Å². The SMILES string of the molecule is CN(CCCN1CCOCC1)Cc1cnc(S(C)(=O)=O)n1CC1CCCCC1. The van der Waals surface area contributed by atoms with Gasteiger partial charge < -0.3 is 14.2 Å². The zero-order valence-electron chi connectivity index (χ0n) is 17.5. The lowest BCUT2D eigenvalue weighted by Crippen LogP contribution is -2.37. The molecule has 1 aromatic heterocycles. The first-order valence-corrected chi connectivity index (χ1v) is 12.6. The van der Waals surface area contributed by atoms with E-state index >= 15 is 0 Å². The Bertz CT molecular complexity index is 707. The van der Waals surface area contributed by atoms with E-state index in [9.17, 15) is 8.42 Å². The molecule has 1 saturated carbocycles. The molecule has 0 N–H and O–H groups in total. The van der Waals surface area contributed by atoms with Gasteiger partial charge in [-0.15, -0.1) is 0 Å². The minimum Gasteiger partial charge on any atom is -0.379 e. The second-order valence-corrected chi connectivity index (χ2v) is 10.4. The van der Waals surface area contributed by atoms with Gasteiger partial charge in [-0.2, -0.15) is 0 Å². The normalized spacial score (nSPS) is 20.1. The molecular weight excluding hydrogens is 376 g/mol. The molecule has 0 atom stereocenters. The Morgan fingerprint density at radius 3 is 2.61 bits per heavy atom. The Hall–Kier alpha value is -0.960. The Labute approximate surface area is 170 Å². The highest BCUT2D eigenvalue weighted by atomic mass is 32.2. The second-order valence-electron chi connectivity index (χ2n) is 8.46. The molecule has 0 spiro atoms. The van der Waals surface area contributed by atoms with Gasteiger partial charge in [-0.05, 0) is 45.3 Å². The standard InChI is InChI=1S/C20H36N4O3S/c1-22(9-6-10-23-11-13-27-14-12-23)17-19-15-21-20(28(2,25)26)24(19)16-18-7-4-3-5-8-18/h15,18H,3-14,16-17H2,1-2H3. The summed E-state index contributed by atoms with van der Waals surface area (Å²) >= 11 is 0. The van der Waals surface area contributed by atoms with Crippen LogP contribution in [0.3, 0.4) is 0 Å². The minimum absolute atomic E-state index is 0.231. The Morgan fingerprint density at radius 1 is 1.21 bits per heavy atom. The summed E-state index contributed by atoms with van der Waals surface area (Å²) in [7, 11) is -1.21. The smallest absolute Gasteiger partial charge is 0.227 e. The molecule has 0 amide bonds. The minimum atomic E-state index is -3.32. The van der Waals surface area contributed by atoms with Crippen molar-refractivity contribution in [3.8, 4) is 0 Å². The zero-order valence-corrected chi connectivity index (χ0v) is 18.3. The van der Waals surface area contributed by atoms with Gasteiger partial charge >= 0.3 is 0 Å². The molecule has 2 aliphatic rings. The van der Waals surface area contributed by atoms with Crippen molar-refractivity contribution < 1.29 is 13.2 Å². The summed E-state index contributed by atoms with van der Waals surface area (Å²) in [5.74, 6) is 0.564. The molecule has 0 unspecified atom stereocenters. The zero-order chi connectivity index (χ0) is 20.0. The molecule has 0 radical (unpaired) electrons. The van der Waals surface area contributed by atoms with Crippen LogP contribution in [0.5, 0.6) is 0 Å². The van der Waals surface area contributed by atoms with Crippen molar-refractivity contribution in [2.24, 2.45) is 5.92 Å². The van der Waals surface area contributed by atoms with Crippen molar-refractivity contribution >= 4 is 9.84 Å². The van der Waals surface area contributed by atoms with Crippen LogP contribution in [0.4, 0.5) is 0 Å². The van der Waals surface area contributed by atoms with Gasteiger partial charge in [-0.25, -0.2) is 13.4 Å². The lowest BCUT2D eigenvalue weighted by Gasteiger charge is -2.27.